The van der Waals surface area contributed by atoms with Crippen molar-refractivity contribution in [1.29, 1.82) is 0 Å². The smallest absolute Gasteiger partial charge is 0.147 e. The largest absolute Gasteiger partial charge is 0.455 e. The van der Waals surface area contributed by atoms with Crippen LogP contribution in [0.15, 0.2) is 86.9 Å². The second kappa shape index (κ2) is 6.91. The number of aromatic nitrogens is 1. The van der Waals surface area contributed by atoms with Gasteiger partial charge in [-0.1, -0.05) is 46.3 Å². The maximum atomic E-state index is 5.81. The molecule has 2 aromatic carbocycles. The van der Waals surface area contributed by atoms with Crippen LogP contribution in [0.25, 0.3) is 22.2 Å². The number of anilines is 1. The SMILES string of the molecule is Brc1ccc(-c2ccc(/C=N\Nc3cccc4cccnc34)o2)cc1. The van der Waals surface area contributed by atoms with Gasteiger partial charge in [-0.2, -0.15) is 5.10 Å². The first kappa shape index (κ1) is 15.6. The molecule has 2 aromatic heterocycles. The van der Waals surface area contributed by atoms with E-state index in [1.807, 2.05) is 66.7 Å². The van der Waals surface area contributed by atoms with Gasteiger partial charge in [-0.25, -0.2) is 0 Å². The minimum Gasteiger partial charge on any atom is -0.455 e. The quantitative estimate of drug-likeness (QED) is 0.358. The third-order valence-corrected chi connectivity index (χ3v) is 4.29. The van der Waals surface area contributed by atoms with E-state index in [-0.39, 0.29) is 0 Å². The summed E-state index contributed by atoms with van der Waals surface area (Å²) >= 11 is 3.43. The maximum Gasteiger partial charge on any atom is 0.147 e. The molecular formula is C20H14BrN3O. The molecule has 0 atom stereocenters. The average molecular weight is 392 g/mol. The highest BCUT2D eigenvalue weighted by atomic mass is 79.9. The molecule has 122 valence electrons. The Hall–Kier alpha value is -2.92. The maximum absolute atomic E-state index is 5.81. The number of halogens is 1. The average Bonchev–Trinajstić information content (AvgIpc) is 3.11. The molecule has 0 saturated heterocycles. The van der Waals surface area contributed by atoms with E-state index in [1.54, 1.807) is 12.4 Å². The first-order valence-corrected chi connectivity index (χ1v) is 8.57. The number of pyridine rings is 1. The number of hydrogen-bond donors (Lipinski definition) is 1. The number of benzene rings is 2. The van der Waals surface area contributed by atoms with Gasteiger partial charge in [-0.15, -0.1) is 0 Å². The Labute approximate surface area is 153 Å². The molecule has 0 unspecified atom stereocenters. The molecule has 0 saturated carbocycles. The molecule has 4 rings (SSSR count). The van der Waals surface area contributed by atoms with Crippen LogP contribution < -0.4 is 5.43 Å². The van der Waals surface area contributed by atoms with Gasteiger partial charge in [-0.05, 0) is 36.4 Å². The van der Waals surface area contributed by atoms with E-state index in [4.69, 9.17) is 4.42 Å². The van der Waals surface area contributed by atoms with E-state index in [0.29, 0.717) is 5.76 Å². The molecular weight excluding hydrogens is 378 g/mol. The summed E-state index contributed by atoms with van der Waals surface area (Å²) in [5.74, 6) is 1.49. The summed E-state index contributed by atoms with van der Waals surface area (Å²) in [5.41, 5.74) is 5.80. The number of fused-ring (bicyclic) bond motifs is 1. The molecule has 4 nitrogen and oxygen atoms in total. The van der Waals surface area contributed by atoms with Crippen LogP contribution in [0.4, 0.5) is 5.69 Å². The lowest BCUT2D eigenvalue weighted by molar-refractivity contribution is 0.575. The lowest BCUT2D eigenvalue weighted by atomic mass is 10.2. The van der Waals surface area contributed by atoms with Gasteiger partial charge in [0.1, 0.15) is 11.5 Å². The van der Waals surface area contributed by atoms with Crippen molar-refractivity contribution in [2.24, 2.45) is 5.10 Å². The van der Waals surface area contributed by atoms with Crippen molar-refractivity contribution < 1.29 is 4.42 Å². The third-order valence-electron chi connectivity index (χ3n) is 3.77. The Morgan fingerprint density at radius 3 is 2.68 bits per heavy atom. The van der Waals surface area contributed by atoms with E-state index < -0.39 is 0 Å². The molecule has 0 aliphatic rings. The van der Waals surface area contributed by atoms with Gasteiger partial charge in [0.15, 0.2) is 0 Å². The van der Waals surface area contributed by atoms with Crippen LogP contribution in [0.5, 0.6) is 0 Å². The molecule has 0 bridgehead atoms. The summed E-state index contributed by atoms with van der Waals surface area (Å²) in [6, 6.07) is 21.7. The number of hydrazone groups is 1. The van der Waals surface area contributed by atoms with Crippen molar-refractivity contribution in [1.82, 2.24) is 4.98 Å². The number of para-hydroxylation sites is 1. The summed E-state index contributed by atoms with van der Waals surface area (Å²) in [7, 11) is 0. The Balaban J connectivity index is 1.51. The summed E-state index contributed by atoms with van der Waals surface area (Å²) in [5, 5.41) is 5.33. The Bertz CT molecular complexity index is 1030. The second-order valence-corrected chi connectivity index (χ2v) is 6.38. The zero-order valence-electron chi connectivity index (χ0n) is 13.2. The van der Waals surface area contributed by atoms with Crippen LogP contribution in [-0.2, 0) is 0 Å². The monoisotopic (exact) mass is 391 g/mol. The Morgan fingerprint density at radius 2 is 1.80 bits per heavy atom. The molecule has 1 N–H and O–H groups in total. The summed E-state index contributed by atoms with van der Waals surface area (Å²) in [6.07, 6.45) is 3.43. The molecule has 25 heavy (non-hydrogen) atoms. The van der Waals surface area contributed by atoms with E-state index in [0.717, 1.165) is 32.4 Å². The lowest BCUT2D eigenvalue weighted by Gasteiger charge is -2.03. The van der Waals surface area contributed by atoms with Crippen molar-refractivity contribution in [3.05, 3.63) is 83.2 Å². The summed E-state index contributed by atoms with van der Waals surface area (Å²) in [4.78, 5) is 4.39. The van der Waals surface area contributed by atoms with Gasteiger partial charge in [0, 0.05) is 21.6 Å². The fraction of sp³-hybridized carbons (Fsp3) is 0. The molecule has 4 aromatic rings. The van der Waals surface area contributed by atoms with Crippen molar-refractivity contribution in [2.75, 3.05) is 5.43 Å². The minimum absolute atomic E-state index is 0.679. The highest BCUT2D eigenvalue weighted by molar-refractivity contribution is 9.10. The first-order chi connectivity index (χ1) is 12.3. The van der Waals surface area contributed by atoms with Gasteiger partial charge in [0.2, 0.25) is 0 Å². The number of nitrogens with zero attached hydrogens (tertiary/aromatic N) is 2. The van der Waals surface area contributed by atoms with Crippen molar-refractivity contribution >= 4 is 38.7 Å². The van der Waals surface area contributed by atoms with E-state index >= 15 is 0 Å². The molecule has 2 heterocycles. The molecule has 5 heteroatoms. The Morgan fingerprint density at radius 1 is 0.960 bits per heavy atom. The normalized spacial score (nSPS) is 11.2. The van der Waals surface area contributed by atoms with Gasteiger partial charge >= 0.3 is 0 Å². The van der Waals surface area contributed by atoms with Crippen LogP contribution in [0.2, 0.25) is 0 Å². The van der Waals surface area contributed by atoms with E-state index in [9.17, 15) is 0 Å². The number of nitrogens with one attached hydrogen (secondary N) is 1. The molecule has 0 spiro atoms. The van der Waals surface area contributed by atoms with Crippen LogP contribution in [0.3, 0.4) is 0 Å². The van der Waals surface area contributed by atoms with Gasteiger partial charge < -0.3 is 4.42 Å². The minimum atomic E-state index is 0.679. The summed E-state index contributed by atoms with van der Waals surface area (Å²) < 4.78 is 6.85. The topological polar surface area (TPSA) is 50.4 Å². The van der Waals surface area contributed by atoms with Crippen LogP contribution >= 0.6 is 15.9 Å². The van der Waals surface area contributed by atoms with Crippen molar-refractivity contribution in [3.63, 3.8) is 0 Å². The summed E-state index contributed by atoms with van der Waals surface area (Å²) in [6.45, 7) is 0. The fourth-order valence-corrected chi connectivity index (χ4v) is 2.82. The van der Waals surface area contributed by atoms with Crippen LogP contribution in [0.1, 0.15) is 5.76 Å². The zero-order chi connectivity index (χ0) is 17.1. The van der Waals surface area contributed by atoms with E-state index in [1.165, 1.54) is 0 Å². The van der Waals surface area contributed by atoms with E-state index in [2.05, 4.69) is 31.4 Å². The first-order valence-electron chi connectivity index (χ1n) is 7.78. The molecule has 0 aliphatic heterocycles. The van der Waals surface area contributed by atoms with Gasteiger partial charge in [-0.3, -0.25) is 10.4 Å². The van der Waals surface area contributed by atoms with Gasteiger partial charge in [0.25, 0.3) is 0 Å². The molecule has 0 radical (unpaired) electrons. The standard InChI is InChI=1S/C20H14BrN3O/c21-16-8-6-14(7-9-16)19-11-10-17(25-19)13-23-24-18-5-1-3-15-4-2-12-22-20(15)18/h1-13,24H/b23-13-. The van der Waals surface area contributed by atoms with Crippen molar-refractivity contribution in [2.45, 2.75) is 0 Å². The number of rotatable bonds is 4. The number of furan rings is 1. The van der Waals surface area contributed by atoms with Crippen molar-refractivity contribution in [3.8, 4) is 11.3 Å². The fourth-order valence-electron chi connectivity index (χ4n) is 2.55. The molecule has 0 fully saturated rings. The van der Waals surface area contributed by atoms with Crippen LogP contribution in [0, 0.1) is 0 Å². The lowest BCUT2D eigenvalue weighted by Crippen LogP contribution is -1.92. The predicted molar refractivity (Wildman–Crippen MR) is 105 cm³/mol. The number of hydrogen-bond acceptors (Lipinski definition) is 4. The highest BCUT2D eigenvalue weighted by Crippen LogP contribution is 2.24. The second-order valence-electron chi connectivity index (χ2n) is 5.46. The predicted octanol–water partition coefficient (Wildman–Crippen LogP) is 5.70. The Kier molecular flexibility index (Phi) is 4.31. The third kappa shape index (κ3) is 3.46. The van der Waals surface area contributed by atoms with Gasteiger partial charge in [0.05, 0.1) is 17.4 Å². The highest BCUT2D eigenvalue weighted by Gasteiger charge is 2.04. The molecule has 0 amide bonds. The zero-order valence-corrected chi connectivity index (χ0v) is 14.8. The molecule has 0 aliphatic carbocycles. The van der Waals surface area contributed by atoms with Crippen LogP contribution in [-0.4, -0.2) is 11.2 Å².